The number of ether oxygens (including phenoxy) is 2. The average molecular weight is 237 g/mol. The summed E-state index contributed by atoms with van der Waals surface area (Å²) in [5.41, 5.74) is 1.16. The molecular weight excluding hydrogens is 218 g/mol. The Bertz CT molecular complexity index is 365. The molecule has 1 rings (SSSR count). The van der Waals surface area contributed by atoms with Crippen LogP contribution in [0.5, 0.6) is 5.75 Å². The van der Waals surface area contributed by atoms with Crippen LogP contribution in [-0.4, -0.2) is 44.7 Å². The van der Waals surface area contributed by atoms with E-state index in [9.17, 15) is 4.79 Å². The van der Waals surface area contributed by atoms with Crippen molar-refractivity contribution in [3.05, 3.63) is 29.8 Å². The molecule has 0 N–H and O–H groups in total. The first-order chi connectivity index (χ1) is 8.13. The first-order valence-electron chi connectivity index (χ1n) is 5.56. The van der Waals surface area contributed by atoms with E-state index < -0.39 is 0 Å². The van der Waals surface area contributed by atoms with Gasteiger partial charge in [-0.1, -0.05) is 12.1 Å². The minimum Gasteiger partial charge on any atom is -0.492 e. The van der Waals surface area contributed by atoms with Crippen LogP contribution in [0.15, 0.2) is 24.3 Å². The van der Waals surface area contributed by atoms with Gasteiger partial charge in [-0.2, -0.15) is 0 Å². The van der Waals surface area contributed by atoms with Gasteiger partial charge in [-0.05, 0) is 24.6 Å². The maximum absolute atomic E-state index is 11.4. The Morgan fingerprint density at radius 2 is 2.18 bits per heavy atom. The third kappa shape index (κ3) is 4.87. The summed E-state index contributed by atoms with van der Waals surface area (Å²) in [5.74, 6) is 0.790. The number of hydrogen-bond donors (Lipinski definition) is 0. The standard InChI is InChI=1S/C13H19NO3/c1-11-5-4-6-12(9-11)17-8-7-14(2)13(15)10-16-3/h4-6,9H,7-8,10H2,1-3H3. The van der Waals surface area contributed by atoms with E-state index in [-0.39, 0.29) is 12.5 Å². The van der Waals surface area contributed by atoms with Gasteiger partial charge in [0.05, 0.1) is 6.54 Å². The highest BCUT2D eigenvalue weighted by Gasteiger charge is 2.07. The van der Waals surface area contributed by atoms with Gasteiger partial charge in [0.15, 0.2) is 0 Å². The Kier molecular flexibility index (Phi) is 5.49. The zero-order valence-electron chi connectivity index (χ0n) is 10.6. The minimum atomic E-state index is -0.0413. The zero-order valence-corrected chi connectivity index (χ0v) is 10.6. The van der Waals surface area contributed by atoms with Gasteiger partial charge >= 0.3 is 0 Å². The van der Waals surface area contributed by atoms with E-state index in [2.05, 4.69) is 0 Å². The monoisotopic (exact) mass is 237 g/mol. The Labute approximate surface area is 102 Å². The van der Waals surface area contributed by atoms with E-state index in [0.717, 1.165) is 11.3 Å². The molecule has 0 bridgehead atoms. The molecule has 0 saturated carbocycles. The topological polar surface area (TPSA) is 38.8 Å². The lowest BCUT2D eigenvalue weighted by atomic mass is 10.2. The van der Waals surface area contributed by atoms with E-state index in [1.54, 1.807) is 11.9 Å². The highest BCUT2D eigenvalue weighted by Crippen LogP contribution is 2.11. The van der Waals surface area contributed by atoms with Crippen molar-refractivity contribution in [2.24, 2.45) is 0 Å². The molecule has 0 fully saturated rings. The van der Waals surface area contributed by atoms with Crippen molar-refractivity contribution in [2.75, 3.05) is 33.9 Å². The number of nitrogens with zero attached hydrogens (tertiary/aromatic N) is 1. The van der Waals surface area contributed by atoms with Crippen molar-refractivity contribution >= 4 is 5.91 Å². The summed E-state index contributed by atoms with van der Waals surface area (Å²) >= 11 is 0. The van der Waals surface area contributed by atoms with Crippen LogP contribution in [0.4, 0.5) is 0 Å². The van der Waals surface area contributed by atoms with Crippen LogP contribution in [0.25, 0.3) is 0 Å². The fourth-order valence-electron chi connectivity index (χ4n) is 1.36. The lowest BCUT2D eigenvalue weighted by Gasteiger charge is -2.17. The molecule has 0 atom stereocenters. The molecule has 1 aromatic carbocycles. The van der Waals surface area contributed by atoms with Crippen LogP contribution in [0.3, 0.4) is 0 Å². The molecule has 4 heteroatoms. The molecule has 0 heterocycles. The van der Waals surface area contributed by atoms with Gasteiger partial charge in [-0.3, -0.25) is 4.79 Å². The molecule has 17 heavy (non-hydrogen) atoms. The second-order valence-corrected chi connectivity index (χ2v) is 3.91. The predicted octanol–water partition coefficient (Wildman–Crippen LogP) is 1.48. The first-order valence-corrected chi connectivity index (χ1v) is 5.56. The lowest BCUT2D eigenvalue weighted by molar-refractivity contribution is -0.134. The van der Waals surface area contributed by atoms with Gasteiger partial charge in [-0.25, -0.2) is 0 Å². The molecule has 0 aliphatic heterocycles. The summed E-state index contributed by atoms with van der Waals surface area (Å²) in [7, 11) is 3.25. The number of benzene rings is 1. The Balaban J connectivity index is 2.30. The molecule has 0 aliphatic carbocycles. The fourth-order valence-corrected chi connectivity index (χ4v) is 1.36. The molecule has 4 nitrogen and oxygen atoms in total. The normalized spacial score (nSPS) is 10.1. The summed E-state index contributed by atoms with van der Waals surface area (Å²) < 4.78 is 10.3. The largest absolute Gasteiger partial charge is 0.492 e. The van der Waals surface area contributed by atoms with Gasteiger partial charge in [0.25, 0.3) is 0 Å². The molecule has 0 aromatic heterocycles. The number of aryl methyl sites for hydroxylation is 1. The number of amides is 1. The maximum atomic E-state index is 11.4. The number of methoxy groups -OCH3 is 1. The second-order valence-electron chi connectivity index (χ2n) is 3.91. The quantitative estimate of drug-likeness (QED) is 0.752. The molecular formula is C13H19NO3. The van der Waals surface area contributed by atoms with E-state index >= 15 is 0 Å². The van der Waals surface area contributed by atoms with E-state index in [4.69, 9.17) is 9.47 Å². The third-order valence-corrected chi connectivity index (χ3v) is 2.38. The number of likely N-dealkylation sites (N-methyl/N-ethyl adjacent to an activating group) is 1. The molecule has 1 amide bonds. The molecule has 94 valence electrons. The van der Waals surface area contributed by atoms with Crippen LogP contribution in [0.2, 0.25) is 0 Å². The highest BCUT2D eigenvalue weighted by molar-refractivity contribution is 5.77. The smallest absolute Gasteiger partial charge is 0.248 e. The van der Waals surface area contributed by atoms with Crippen molar-refractivity contribution in [3.8, 4) is 5.75 Å². The van der Waals surface area contributed by atoms with Crippen molar-refractivity contribution in [2.45, 2.75) is 6.92 Å². The average Bonchev–Trinajstić information content (AvgIpc) is 2.29. The Hall–Kier alpha value is -1.55. The van der Waals surface area contributed by atoms with Crippen LogP contribution in [0.1, 0.15) is 5.56 Å². The summed E-state index contributed by atoms with van der Waals surface area (Å²) in [5, 5.41) is 0. The fraction of sp³-hybridized carbons (Fsp3) is 0.462. The Morgan fingerprint density at radius 3 is 2.82 bits per heavy atom. The van der Waals surface area contributed by atoms with E-state index in [0.29, 0.717) is 13.2 Å². The summed E-state index contributed by atoms with van der Waals surface area (Å²) in [4.78, 5) is 13.0. The summed E-state index contributed by atoms with van der Waals surface area (Å²) in [6, 6.07) is 7.84. The molecule has 0 unspecified atom stereocenters. The SMILES string of the molecule is COCC(=O)N(C)CCOc1cccc(C)c1. The molecule has 0 radical (unpaired) electrons. The highest BCUT2D eigenvalue weighted by atomic mass is 16.5. The van der Waals surface area contributed by atoms with Gasteiger partial charge in [0.1, 0.15) is 19.0 Å². The number of carbonyl (C=O) groups excluding carboxylic acids is 1. The van der Waals surface area contributed by atoms with Crippen molar-refractivity contribution < 1.29 is 14.3 Å². The molecule has 0 spiro atoms. The van der Waals surface area contributed by atoms with Gasteiger partial charge in [0, 0.05) is 14.2 Å². The zero-order chi connectivity index (χ0) is 12.7. The van der Waals surface area contributed by atoms with Crippen LogP contribution < -0.4 is 4.74 Å². The van der Waals surface area contributed by atoms with E-state index in [1.165, 1.54) is 7.11 Å². The van der Waals surface area contributed by atoms with Crippen molar-refractivity contribution in [3.63, 3.8) is 0 Å². The van der Waals surface area contributed by atoms with Crippen LogP contribution in [0, 0.1) is 6.92 Å². The Morgan fingerprint density at radius 1 is 1.41 bits per heavy atom. The maximum Gasteiger partial charge on any atom is 0.248 e. The summed E-state index contributed by atoms with van der Waals surface area (Å²) in [6.45, 7) is 3.16. The second kappa shape index (κ2) is 6.91. The number of rotatable bonds is 6. The third-order valence-electron chi connectivity index (χ3n) is 2.38. The number of hydrogen-bond acceptors (Lipinski definition) is 3. The lowest BCUT2D eigenvalue weighted by Crippen LogP contribution is -2.33. The van der Waals surface area contributed by atoms with Crippen LogP contribution >= 0.6 is 0 Å². The van der Waals surface area contributed by atoms with Crippen molar-refractivity contribution in [1.29, 1.82) is 0 Å². The molecule has 0 saturated heterocycles. The van der Waals surface area contributed by atoms with Gasteiger partial charge in [-0.15, -0.1) is 0 Å². The van der Waals surface area contributed by atoms with Gasteiger partial charge < -0.3 is 14.4 Å². The predicted molar refractivity (Wildman–Crippen MR) is 66.2 cm³/mol. The van der Waals surface area contributed by atoms with Crippen LogP contribution in [-0.2, 0) is 9.53 Å². The number of carbonyl (C=O) groups is 1. The van der Waals surface area contributed by atoms with Gasteiger partial charge in [0.2, 0.25) is 5.91 Å². The molecule has 0 aliphatic rings. The van der Waals surface area contributed by atoms with E-state index in [1.807, 2.05) is 31.2 Å². The van der Waals surface area contributed by atoms with Crippen molar-refractivity contribution in [1.82, 2.24) is 4.90 Å². The minimum absolute atomic E-state index is 0.0413. The molecule has 1 aromatic rings. The summed E-state index contributed by atoms with van der Waals surface area (Å²) in [6.07, 6.45) is 0. The first kappa shape index (κ1) is 13.5.